The lowest BCUT2D eigenvalue weighted by Gasteiger charge is -2.07. The van der Waals surface area contributed by atoms with Crippen molar-refractivity contribution in [2.45, 2.75) is 0 Å². The first kappa shape index (κ1) is 19.2. The Bertz CT molecular complexity index is 1230. The Morgan fingerprint density at radius 2 is 1.93 bits per heavy atom. The molecule has 0 bridgehead atoms. The fourth-order valence-corrected chi connectivity index (χ4v) is 2.92. The van der Waals surface area contributed by atoms with E-state index < -0.39 is 4.92 Å². The van der Waals surface area contributed by atoms with Crippen molar-refractivity contribution in [2.75, 3.05) is 5.32 Å². The van der Waals surface area contributed by atoms with Crippen LogP contribution in [0.1, 0.15) is 10.4 Å². The van der Waals surface area contributed by atoms with Crippen LogP contribution in [0.5, 0.6) is 0 Å². The van der Waals surface area contributed by atoms with Gasteiger partial charge in [0.15, 0.2) is 0 Å². The monoisotopic (exact) mass is 421 g/mol. The predicted molar refractivity (Wildman–Crippen MR) is 109 cm³/mol. The molecule has 2 aromatic heterocycles. The third-order valence-electron chi connectivity index (χ3n) is 4.14. The van der Waals surface area contributed by atoms with Crippen molar-refractivity contribution in [3.8, 4) is 22.8 Å². The number of nitrogens with zero attached hydrogens (tertiary/aromatic N) is 4. The quantitative estimate of drug-likeness (QED) is 0.368. The van der Waals surface area contributed by atoms with E-state index in [1.165, 1.54) is 30.5 Å². The van der Waals surface area contributed by atoms with Crippen LogP contribution in [0.3, 0.4) is 0 Å². The zero-order valence-electron chi connectivity index (χ0n) is 15.2. The number of aromatic nitrogens is 3. The molecule has 148 valence electrons. The van der Waals surface area contributed by atoms with Crippen LogP contribution in [0.15, 0.2) is 71.5 Å². The molecule has 0 radical (unpaired) electrons. The number of carbonyl (C=O) groups is 1. The van der Waals surface area contributed by atoms with Crippen molar-refractivity contribution >= 4 is 28.9 Å². The number of hydrogen-bond donors (Lipinski definition) is 1. The summed E-state index contributed by atoms with van der Waals surface area (Å²) < 4.78 is 5.25. The smallest absolute Gasteiger partial charge is 0.269 e. The number of carbonyl (C=O) groups excluding carboxylic acids is 1. The molecule has 2 aromatic carbocycles. The Morgan fingerprint density at radius 3 is 2.60 bits per heavy atom. The number of anilines is 1. The second-order valence-electron chi connectivity index (χ2n) is 6.12. The maximum Gasteiger partial charge on any atom is 0.269 e. The minimum Gasteiger partial charge on any atom is -0.334 e. The van der Waals surface area contributed by atoms with E-state index in [0.29, 0.717) is 27.4 Å². The van der Waals surface area contributed by atoms with E-state index in [4.69, 9.17) is 16.1 Å². The number of halogens is 1. The van der Waals surface area contributed by atoms with Crippen molar-refractivity contribution in [1.82, 2.24) is 15.1 Å². The number of benzene rings is 2. The second-order valence-corrected chi connectivity index (χ2v) is 6.52. The number of nitrogens with one attached hydrogen (secondary N) is 1. The van der Waals surface area contributed by atoms with Gasteiger partial charge in [0.1, 0.15) is 0 Å². The molecule has 0 aliphatic carbocycles. The SMILES string of the molecule is O=C(Nc1ccc(-c2noc(-c3ccc([N+](=O)[O-])cc3)n2)c(Cl)c1)c1cccnc1. The molecule has 9 nitrogen and oxygen atoms in total. The number of rotatable bonds is 5. The van der Waals surface area contributed by atoms with Crippen molar-refractivity contribution in [2.24, 2.45) is 0 Å². The van der Waals surface area contributed by atoms with E-state index in [1.54, 1.807) is 36.5 Å². The number of hydrogen-bond acceptors (Lipinski definition) is 7. The van der Waals surface area contributed by atoms with Gasteiger partial charge in [-0.25, -0.2) is 0 Å². The molecule has 0 aliphatic heterocycles. The summed E-state index contributed by atoms with van der Waals surface area (Å²) in [6, 6.07) is 14.0. The Labute approximate surface area is 174 Å². The molecule has 1 amide bonds. The molecule has 30 heavy (non-hydrogen) atoms. The number of nitro benzene ring substituents is 1. The van der Waals surface area contributed by atoms with E-state index in [1.807, 2.05) is 0 Å². The summed E-state index contributed by atoms with van der Waals surface area (Å²) in [5, 5.41) is 17.7. The van der Waals surface area contributed by atoms with Gasteiger partial charge in [-0.2, -0.15) is 4.98 Å². The fourth-order valence-electron chi connectivity index (χ4n) is 2.65. The fraction of sp³-hybridized carbons (Fsp3) is 0. The summed E-state index contributed by atoms with van der Waals surface area (Å²) in [6.07, 6.45) is 3.04. The molecule has 10 heteroatoms. The van der Waals surface area contributed by atoms with Crippen molar-refractivity contribution < 1.29 is 14.2 Å². The lowest BCUT2D eigenvalue weighted by Crippen LogP contribution is -2.11. The first-order valence-electron chi connectivity index (χ1n) is 8.61. The van der Waals surface area contributed by atoms with Gasteiger partial charge in [0, 0.05) is 41.3 Å². The van der Waals surface area contributed by atoms with Gasteiger partial charge in [0.25, 0.3) is 17.5 Å². The van der Waals surface area contributed by atoms with Gasteiger partial charge in [-0.05, 0) is 42.5 Å². The van der Waals surface area contributed by atoms with Gasteiger partial charge >= 0.3 is 0 Å². The number of non-ortho nitro benzene ring substituents is 1. The highest BCUT2D eigenvalue weighted by Crippen LogP contribution is 2.30. The largest absolute Gasteiger partial charge is 0.334 e. The van der Waals surface area contributed by atoms with Gasteiger partial charge in [-0.3, -0.25) is 19.9 Å². The molecule has 0 saturated heterocycles. The summed E-state index contributed by atoms with van der Waals surface area (Å²) in [7, 11) is 0. The normalized spacial score (nSPS) is 10.6. The van der Waals surface area contributed by atoms with Crippen LogP contribution in [0, 0.1) is 10.1 Å². The minimum absolute atomic E-state index is 0.0366. The zero-order chi connectivity index (χ0) is 21.1. The molecule has 4 rings (SSSR count). The summed E-state index contributed by atoms with van der Waals surface area (Å²) in [4.78, 5) is 30.7. The molecule has 0 spiro atoms. The lowest BCUT2D eigenvalue weighted by atomic mass is 10.1. The molecule has 0 fully saturated rings. The number of amides is 1. The Kier molecular flexibility index (Phi) is 5.19. The van der Waals surface area contributed by atoms with Crippen LogP contribution < -0.4 is 5.32 Å². The Morgan fingerprint density at radius 1 is 1.13 bits per heavy atom. The maximum atomic E-state index is 12.2. The summed E-state index contributed by atoms with van der Waals surface area (Å²) in [5.74, 6) is 0.135. The highest BCUT2D eigenvalue weighted by molar-refractivity contribution is 6.33. The van der Waals surface area contributed by atoms with Crippen LogP contribution in [-0.4, -0.2) is 26.0 Å². The van der Waals surface area contributed by atoms with Crippen LogP contribution in [0.25, 0.3) is 22.8 Å². The number of pyridine rings is 1. The van der Waals surface area contributed by atoms with E-state index in [9.17, 15) is 14.9 Å². The standard InChI is InChI=1S/C20H12ClN5O4/c21-17-10-14(23-19(27)13-2-1-9-22-11-13)5-8-16(17)18-24-20(30-25-18)12-3-6-15(7-4-12)26(28)29/h1-11H,(H,23,27). The Balaban J connectivity index is 1.54. The zero-order valence-corrected chi connectivity index (χ0v) is 15.9. The highest BCUT2D eigenvalue weighted by Gasteiger charge is 2.15. The molecule has 2 heterocycles. The van der Waals surface area contributed by atoms with Gasteiger partial charge < -0.3 is 9.84 Å². The first-order valence-corrected chi connectivity index (χ1v) is 8.99. The van der Waals surface area contributed by atoms with Crippen LogP contribution in [0.4, 0.5) is 11.4 Å². The van der Waals surface area contributed by atoms with Gasteiger partial charge in [0.05, 0.1) is 15.5 Å². The summed E-state index contributed by atoms with van der Waals surface area (Å²) in [5.41, 5.74) is 1.93. The van der Waals surface area contributed by atoms with Crippen LogP contribution in [0.2, 0.25) is 5.02 Å². The minimum atomic E-state index is -0.489. The number of nitro groups is 1. The third-order valence-corrected chi connectivity index (χ3v) is 4.46. The topological polar surface area (TPSA) is 124 Å². The molecule has 0 unspecified atom stereocenters. The van der Waals surface area contributed by atoms with Crippen LogP contribution >= 0.6 is 11.6 Å². The van der Waals surface area contributed by atoms with Crippen molar-refractivity contribution in [3.63, 3.8) is 0 Å². The van der Waals surface area contributed by atoms with E-state index in [2.05, 4.69) is 20.4 Å². The van der Waals surface area contributed by atoms with Crippen molar-refractivity contribution in [3.05, 3.63) is 87.7 Å². The predicted octanol–water partition coefficient (Wildman–Crippen LogP) is 4.61. The average molecular weight is 422 g/mol. The third kappa shape index (κ3) is 4.01. The van der Waals surface area contributed by atoms with Gasteiger partial charge in [-0.15, -0.1) is 0 Å². The molecule has 1 N–H and O–H groups in total. The molecule has 0 aliphatic rings. The molecule has 0 saturated carbocycles. The molecule has 4 aromatic rings. The lowest BCUT2D eigenvalue weighted by molar-refractivity contribution is -0.384. The molecular weight excluding hydrogens is 410 g/mol. The van der Waals surface area contributed by atoms with E-state index >= 15 is 0 Å². The van der Waals surface area contributed by atoms with E-state index in [-0.39, 0.29) is 23.3 Å². The second kappa shape index (κ2) is 8.10. The first-order chi connectivity index (χ1) is 14.5. The van der Waals surface area contributed by atoms with Crippen molar-refractivity contribution in [1.29, 1.82) is 0 Å². The Hall–Kier alpha value is -4.11. The summed E-state index contributed by atoms with van der Waals surface area (Å²) >= 11 is 6.34. The average Bonchev–Trinajstić information content (AvgIpc) is 3.24. The highest BCUT2D eigenvalue weighted by atomic mass is 35.5. The van der Waals surface area contributed by atoms with E-state index in [0.717, 1.165) is 0 Å². The van der Waals surface area contributed by atoms with Gasteiger partial charge in [0.2, 0.25) is 5.82 Å². The summed E-state index contributed by atoms with van der Waals surface area (Å²) in [6.45, 7) is 0. The maximum absolute atomic E-state index is 12.2. The molecule has 0 atom stereocenters. The van der Waals surface area contributed by atoms with Crippen LogP contribution in [-0.2, 0) is 0 Å². The van der Waals surface area contributed by atoms with Gasteiger partial charge in [-0.1, -0.05) is 16.8 Å². The molecular formula is C20H12ClN5O4.